The zero-order valence-electron chi connectivity index (χ0n) is 16.8. The highest BCUT2D eigenvalue weighted by molar-refractivity contribution is 5.70. The molecule has 0 bridgehead atoms. The molecule has 3 fully saturated rings. The summed E-state index contributed by atoms with van der Waals surface area (Å²) in [7, 11) is 1.51. The van der Waals surface area contributed by atoms with E-state index in [9.17, 15) is 4.79 Å². The normalized spacial score (nSPS) is 32.8. The molecule has 0 radical (unpaired) electrons. The van der Waals surface area contributed by atoms with Crippen molar-refractivity contribution in [1.29, 1.82) is 0 Å². The lowest BCUT2D eigenvalue weighted by Gasteiger charge is -2.50. The van der Waals surface area contributed by atoms with Crippen LogP contribution in [0.5, 0.6) is 0 Å². The van der Waals surface area contributed by atoms with Crippen LogP contribution in [0.2, 0.25) is 0 Å². The van der Waals surface area contributed by atoms with E-state index in [2.05, 4.69) is 13.2 Å². The van der Waals surface area contributed by atoms with Gasteiger partial charge in [-0.15, -0.1) is 13.2 Å². The van der Waals surface area contributed by atoms with Crippen LogP contribution in [0.15, 0.2) is 24.8 Å². The molecule has 3 rings (SSSR count). The van der Waals surface area contributed by atoms with E-state index in [1.54, 1.807) is 0 Å². The van der Waals surface area contributed by atoms with Crippen molar-refractivity contribution in [3.63, 3.8) is 0 Å². The molecule has 152 valence electrons. The smallest absolute Gasteiger partial charge is 0.332 e. The summed E-state index contributed by atoms with van der Waals surface area (Å²) in [6, 6.07) is 0. The van der Waals surface area contributed by atoms with Crippen LogP contribution in [0.1, 0.15) is 51.9 Å². The molecule has 1 heterocycles. The minimum atomic E-state index is -0.533. The summed E-state index contributed by atoms with van der Waals surface area (Å²) in [6.45, 7) is 11.3. The molecule has 3 aliphatic rings. The molecule has 1 spiro atoms. The van der Waals surface area contributed by atoms with E-state index in [-0.39, 0.29) is 35.9 Å². The Hall–Kier alpha value is -1.17. The van der Waals surface area contributed by atoms with Gasteiger partial charge in [0, 0.05) is 31.8 Å². The van der Waals surface area contributed by atoms with Gasteiger partial charge in [0.25, 0.3) is 0 Å². The first-order chi connectivity index (χ1) is 13.0. The monoisotopic (exact) mass is 378 g/mol. The largest absolute Gasteiger partial charge is 0.460 e. The quantitative estimate of drug-likeness (QED) is 0.471. The molecule has 2 aliphatic carbocycles. The minimum absolute atomic E-state index is 0.0278. The number of fused-ring (bicyclic) bond motifs is 2. The van der Waals surface area contributed by atoms with E-state index in [4.69, 9.17) is 18.9 Å². The van der Waals surface area contributed by atoms with Crippen molar-refractivity contribution in [1.82, 2.24) is 0 Å². The van der Waals surface area contributed by atoms with Gasteiger partial charge in [0.2, 0.25) is 0 Å². The predicted molar refractivity (Wildman–Crippen MR) is 103 cm³/mol. The second kappa shape index (κ2) is 8.46. The van der Waals surface area contributed by atoms with Crippen molar-refractivity contribution in [2.45, 2.75) is 63.8 Å². The van der Waals surface area contributed by atoms with Crippen molar-refractivity contribution in [3.05, 3.63) is 24.8 Å². The fourth-order valence-electron chi connectivity index (χ4n) is 5.88. The third-order valence-electron chi connectivity index (χ3n) is 6.64. The summed E-state index contributed by atoms with van der Waals surface area (Å²) < 4.78 is 23.4. The molecule has 0 aromatic carbocycles. The molecule has 0 amide bonds. The number of rotatable bonds is 8. The fourth-order valence-corrected chi connectivity index (χ4v) is 5.88. The maximum atomic E-state index is 12.2. The standard InChI is InChI=1S/C22H34O5/c1-5-8-21-9-6-7-17(18(14-16(2)3)27-19(23)15-24-4)20(21)22(11-10-21)25-12-13-26-22/h5,17-18,20H,1-2,6-15H2,3-4H3/t17?,18-,20?,21?/m0/s1. The number of carbonyl (C=O) groups is 1. The Balaban J connectivity index is 1.93. The number of allylic oxidation sites excluding steroid dienone is 1. The highest BCUT2D eigenvalue weighted by Crippen LogP contribution is 2.63. The van der Waals surface area contributed by atoms with Crippen LogP contribution in [0, 0.1) is 17.3 Å². The van der Waals surface area contributed by atoms with Crippen LogP contribution < -0.4 is 0 Å². The van der Waals surface area contributed by atoms with Crippen molar-refractivity contribution >= 4 is 5.97 Å². The summed E-state index contributed by atoms with van der Waals surface area (Å²) in [5.74, 6) is -0.450. The van der Waals surface area contributed by atoms with Gasteiger partial charge in [-0.05, 0) is 38.0 Å². The molecule has 5 heteroatoms. The highest BCUT2D eigenvalue weighted by atomic mass is 16.7. The summed E-state index contributed by atoms with van der Waals surface area (Å²) in [5.41, 5.74) is 1.14. The lowest BCUT2D eigenvalue weighted by atomic mass is 9.59. The van der Waals surface area contributed by atoms with Crippen molar-refractivity contribution in [2.24, 2.45) is 17.3 Å². The molecular formula is C22H34O5. The van der Waals surface area contributed by atoms with Crippen LogP contribution >= 0.6 is 0 Å². The maximum absolute atomic E-state index is 12.2. The second-order valence-electron chi connectivity index (χ2n) is 8.52. The van der Waals surface area contributed by atoms with Crippen LogP contribution in [0.4, 0.5) is 0 Å². The number of hydrogen-bond donors (Lipinski definition) is 0. The number of methoxy groups -OCH3 is 1. The van der Waals surface area contributed by atoms with Gasteiger partial charge in [0.15, 0.2) is 5.79 Å². The molecule has 1 aliphatic heterocycles. The molecule has 3 unspecified atom stereocenters. The van der Waals surface area contributed by atoms with Crippen LogP contribution in [0.3, 0.4) is 0 Å². The van der Waals surface area contributed by atoms with Crippen molar-refractivity contribution < 1.29 is 23.7 Å². The Labute approximate surface area is 163 Å². The first-order valence-corrected chi connectivity index (χ1v) is 10.2. The second-order valence-corrected chi connectivity index (χ2v) is 8.52. The van der Waals surface area contributed by atoms with E-state index in [1.165, 1.54) is 7.11 Å². The molecule has 0 aromatic heterocycles. The first kappa shape index (κ1) is 20.6. The number of hydrogen-bond acceptors (Lipinski definition) is 5. The van der Waals surface area contributed by atoms with Gasteiger partial charge < -0.3 is 18.9 Å². The Morgan fingerprint density at radius 3 is 2.67 bits per heavy atom. The fraction of sp³-hybridized carbons (Fsp3) is 0.773. The molecule has 27 heavy (non-hydrogen) atoms. The van der Waals surface area contributed by atoms with Crippen molar-refractivity contribution in [3.8, 4) is 0 Å². The van der Waals surface area contributed by atoms with Crippen molar-refractivity contribution in [2.75, 3.05) is 26.9 Å². The summed E-state index contributed by atoms with van der Waals surface area (Å²) in [6.07, 6.45) is 8.71. The molecular weight excluding hydrogens is 344 g/mol. The lowest BCUT2D eigenvalue weighted by molar-refractivity contribution is -0.227. The number of esters is 1. The molecule has 5 nitrogen and oxygen atoms in total. The van der Waals surface area contributed by atoms with Gasteiger partial charge >= 0.3 is 5.97 Å². The Bertz CT molecular complexity index is 565. The summed E-state index contributed by atoms with van der Waals surface area (Å²) in [4.78, 5) is 12.2. The number of ether oxygens (including phenoxy) is 4. The average molecular weight is 379 g/mol. The average Bonchev–Trinajstić information content (AvgIpc) is 3.21. The Morgan fingerprint density at radius 2 is 2.04 bits per heavy atom. The van der Waals surface area contributed by atoms with Gasteiger partial charge in [-0.3, -0.25) is 0 Å². The first-order valence-electron chi connectivity index (χ1n) is 10.2. The van der Waals surface area contributed by atoms with Gasteiger partial charge in [-0.2, -0.15) is 0 Å². The van der Waals surface area contributed by atoms with E-state index >= 15 is 0 Å². The van der Waals surface area contributed by atoms with E-state index in [1.807, 2.05) is 13.0 Å². The van der Waals surface area contributed by atoms with Gasteiger partial charge in [-0.25, -0.2) is 4.79 Å². The van der Waals surface area contributed by atoms with Gasteiger partial charge in [-0.1, -0.05) is 18.1 Å². The van der Waals surface area contributed by atoms with E-state index < -0.39 is 5.79 Å². The Kier molecular flexibility index (Phi) is 6.44. The van der Waals surface area contributed by atoms with Gasteiger partial charge in [0.05, 0.1) is 13.2 Å². The maximum Gasteiger partial charge on any atom is 0.332 e. The van der Waals surface area contributed by atoms with E-state index in [0.29, 0.717) is 19.6 Å². The molecule has 2 saturated carbocycles. The van der Waals surface area contributed by atoms with Crippen LogP contribution in [-0.2, 0) is 23.7 Å². The number of carbonyl (C=O) groups excluding carboxylic acids is 1. The van der Waals surface area contributed by atoms with E-state index in [0.717, 1.165) is 44.1 Å². The summed E-state index contributed by atoms with van der Waals surface area (Å²) in [5, 5.41) is 0. The summed E-state index contributed by atoms with van der Waals surface area (Å²) >= 11 is 0. The van der Waals surface area contributed by atoms with Crippen LogP contribution in [-0.4, -0.2) is 44.8 Å². The lowest BCUT2D eigenvalue weighted by Crippen LogP contribution is -2.51. The zero-order chi connectivity index (χ0) is 19.5. The third-order valence-corrected chi connectivity index (χ3v) is 6.64. The molecule has 0 N–H and O–H groups in total. The minimum Gasteiger partial charge on any atom is -0.460 e. The van der Waals surface area contributed by atoms with Gasteiger partial charge in [0.1, 0.15) is 12.7 Å². The highest BCUT2D eigenvalue weighted by Gasteiger charge is 2.64. The topological polar surface area (TPSA) is 54.0 Å². The SMILES string of the molecule is C=CCC12CCCC([C@H](CC(=C)C)OC(=O)COC)C1C1(CC2)OCCO1. The molecule has 0 aromatic rings. The molecule has 4 atom stereocenters. The Morgan fingerprint density at radius 1 is 1.30 bits per heavy atom. The molecule has 1 saturated heterocycles. The zero-order valence-corrected chi connectivity index (χ0v) is 16.8. The predicted octanol–water partition coefficient (Wildman–Crippen LogP) is 4.03. The third kappa shape index (κ3) is 4.01. The van der Waals surface area contributed by atoms with Crippen LogP contribution in [0.25, 0.3) is 0 Å².